The zero-order valence-electron chi connectivity index (χ0n) is 9.91. The van der Waals surface area contributed by atoms with Crippen molar-refractivity contribution >= 4 is 14.6 Å². The molecule has 96 valence electrons. The van der Waals surface area contributed by atoms with E-state index in [9.17, 15) is 10.1 Å². The Morgan fingerprint density at radius 2 is 2.22 bits per heavy atom. The Labute approximate surface area is 107 Å². The highest BCUT2D eigenvalue weighted by atomic mass is 31.1. The molecule has 2 heterocycles. The van der Waals surface area contributed by atoms with Gasteiger partial charge in [0.1, 0.15) is 0 Å². The Morgan fingerprint density at radius 1 is 1.44 bits per heavy atom. The molecule has 0 amide bonds. The van der Waals surface area contributed by atoms with Crippen LogP contribution in [0.3, 0.4) is 0 Å². The molecule has 2 aliphatic heterocycles. The van der Waals surface area contributed by atoms with Crippen LogP contribution in [0.2, 0.25) is 0 Å². The minimum absolute atomic E-state index is 0.149. The van der Waals surface area contributed by atoms with E-state index in [0.717, 1.165) is 18.5 Å². The number of fused-ring (bicyclic) bond motifs is 1. The number of hydrogen-bond donors (Lipinski definition) is 0. The molecule has 6 heteroatoms. The topological polar surface area (TPSA) is 55.6 Å². The van der Waals surface area contributed by atoms with Crippen LogP contribution >= 0.6 is 8.96 Å². The predicted molar refractivity (Wildman–Crippen MR) is 69.7 cm³/mol. The first-order valence-corrected chi connectivity index (χ1v) is 7.01. The standard InChI is InChI=1S/C12H15N2O3P/c15-14(16)10-5-3-9(4-6-10)8-12-11-2-1-7-13(11)18-17-12/h3-6,11-12,18H,1-2,7-8H2. The van der Waals surface area contributed by atoms with E-state index in [-0.39, 0.29) is 16.7 Å². The minimum atomic E-state index is -0.365. The quantitative estimate of drug-likeness (QED) is 0.479. The second-order valence-electron chi connectivity index (χ2n) is 4.78. The fraction of sp³-hybridized carbons (Fsp3) is 0.500. The SMILES string of the molecule is O=[N+]([O-])c1ccc(CC2OPN3CCCC23)cc1. The largest absolute Gasteiger partial charge is 0.341 e. The molecule has 3 atom stereocenters. The van der Waals surface area contributed by atoms with Gasteiger partial charge in [-0.05, 0) is 18.4 Å². The Bertz CT molecular complexity index is 451. The van der Waals surface area contributed by atoms with Crippen molar-refractivity contribution in [3.05, 3.63) is 39.9 Å². The molecule has 0 bridgehead atoms. The van der Waals surface area contributed by atoms with Gasteiger partial charge in [0.15, 0.2) is 0 Å². The van der Waals surface area contributed by atoms with Crippen molar-refractivity contribution in [2.24, 2.45) is 0 Å². The third-order valence-electron chi connectivity index (χ3n) is 3.63. The lowest BCUT2D eigenvalue weighted by Crippen LogP contribution is -2.29. The van der Waals surface area contributed by atoms with Gasteiger partial charge in [0.25, 0.3) is 5.69 Å². The van der Waals surface area contributed by atoms with Crippen molar-refractivity contribution in [2.45, 2.75) is 31.4 Å². The first-order chi connectivity index (χ1) is 8.74. The predicted octanol–water partition coefficient (Wildman–Crippen LogP) is 2.51. The maximum Gasteiger partial charge on any atom is 0.269 e. The Kier molecular flexibility index (Phi) is 3.29. The van der Waals surface area contributed by atoms with E-state index in [4.69, 9.17) is 4.52 Å². The van der Waals surface area contributed by atoms with Gasteiger partial charge in [-0.2, -0.15) is 0 Å². The van der Waals surface area contributed by atoms with Gasteiger partial charge in [-0.3, -0.25) is 14.8 Å². The minimum Gasteiger partial charge on any atom is -0.341 e. The third-order valence-corrected chi connectivity index (χ3v) is 4.83. The van der Waals surface area contributed by atoms with Gasteiger partial charge < -0.3 is 4.52 Å². The van der Waals surface area contributed by atoms with Crippen LogP contribution in [0.4, 0.5) is 5.69 Å². The highest BCUT2D eigenvalue weighted by molar-refractivity contribution is 7.29. The van der Waals surface area contributed by atoms with Crippen LogP contribution in [0, 0.1) is 10.1 Å². The van der Waals surface area contributed by atoms with Gasteiger partial charge in [-0.15, -0.1) is 0 Å². The normalized spacial score (nSPS) is 28.7. The van der Waals surface area contributed by atoms with Crippen molar-refractivity contribution in [2.75, 3.05) is 6.54 Å². The molecule has 0 N–H and O–H groups in total. The molecule has 3 unspecified atom stereocenters. The summed E-state index contributed by atoms with van der Waals surface area (Å²) in [5, 5.41) is 10.6. The zero-order valence-corrected chi connectivity index (χ0v) is 10.9. The first-order valence-electron chi connectivity index (χ1n) is 6.15. The molecule has 1 aromatic rings. The van der Waals surface area contributed by atoms with Crippen LogP contribution < -0.4 is 0 Å². The summed E-state index contributed by atoms with van der Waals surface area (Å²) in [6, 6.07) is 7.36. The smallest absolute Gasteiger partial charge is 0.269 e. The fourth-order valence-corrected chi connectivity index (χ4v) is 3.86. The monoisotopic (exact) mass is 266 g/mol. The highest BCUT2D eigenvalue weighted by Crippen LogP contribution is 2.42. The van der Waals surface area contributed by atoms with Gasteiger partial charge in [-0.25, -0.2) is 0 Å². The van der Waals surface area contributed by atoms with Crippen molar-refractivity contribution in [1.82, 2.24) is 4.67 Å². The maximum atomic E-state index is 10.6. The summed E-state index contributed by atoms with van der Waals surface area (Å²) < 4.78 is 8.23. The van der Waals surface area contributed by atoms with Crippen LogP contribution in [0.5, 0.6) is 0 Å². The van der Waals surface area contributed by atoms with Crippen LogP contribution in [0.25, 0.3) is 0 Å². The number of hydrogen-bond acceptors (Lipinski definition) is 4. The molecule has 3 rings (SSSR count). The molecule has 2 aliphatic rings. The third kappa shape index (κ3) is 2.26. The summed E-state index contributed by atoms with van der Waals surface area (Å²) in [5.41, 5.74) is 1.26. The molecular formula is C12H15N2O3P. The summed E-state index contributed by atoms with van der Waals surface area (Å²) in [6.07, 6.45) is 3.58. The first kappa shape index (κ1) is 12.0. The maximum absolute atomic E-state index is 10.6. The molecule has 5 nitrogen and oxygen atoms in total. The van der Waals surface area contributed by atoms with Crippen molar-refractivity contribution < 1.29 is 9.45 Å². The average molecular weight is 266 g/mol. The Hall–Kier alpha value is -1.03. The Balaban J connectivity index is 1.67. The van der Waals surface area contributed by atoms with Crippen LogP contribution in [-0.4, -0.2) is 28.3 Å². The number of nitrogens with zero attached hydrogens (tertiary/aromatic N) is 2. The van der Waals surface area contributed by atoms with Crippen molar-refractivity contribution in [3.8, 4) is 0 Å². The second-order valence-corrected chi connectivity index (χ2v) is 5.77. The van der Waals surface area contributed by atoms with Crippen LogP contribution in [0.1, 0.15) is 18.4 Å². The van der Waals surface area contributed by atoms with Crippen molar-refractivity contribution in [1.29, 1.82) is 0 Å². The van der Waals surface area contributed by atoms with Gasteiger partial charge >= 0.3 is 0 Å². The lowest BCUT2D eigenvalue weighted by molar-refractivity contribution is -0.384. The number of nitro groups is 1. The molecular weight excluding hydrogens is 251 g/mol. The van der Waals surface area contributed by atoms with E-state index < -0.39 is 0 Å². The lowest BCUT2D eigenvalue weighted by Gasteiger charge is -2.16. The second kappa shape index (κ2) is 4.92. The van der Waals surface area contributed by atoms with Crippen LogP contribution in [0.15, 0.2) is 24.3 Å². The molecule has 0 aromatic heterocycles. The molecule has 0 aliphatic carbocycles. The molecule has 0 spiro atoms. The molecule has 0 saturated carbocycles. The fourth-order valence-electron chi connectivity index (χ4n) is 2.67. The Morgan fingerprint density at radius 3 is 2.94 bits per heavy atom. The van der Waals surface area contributed by atoms with Gasteiger partial charge in [-0.1, -0.05) is 12.1 Å². The van der Waals surface area contributed by atoms with Crippen LogP contribution in [-0.2, 0) is 10.9 Å². The summed E-state index contributed by atoms with van der Waals surface area (Å²) >= 11 is 0. The van der Waals surface area contributed by atoms with Gasteiger partial charge in [0.05, 0.1) is 20.0 Å². The van der Waals surface area contributed by atoms with Gasteiger partial charge in [0, 0.05) is 31.1 Å². The molecule has 2 fully saturated rings. The summed E-state index contributed by atoms with van der Waals surface area (Å²) in [4.78, 5) is 10.2. The highest BCUT2D eigenvalue weighted by Gasteiger charge is 2.38. The number of nitro benzene ring substituents is 1. The molecule has 1 aromatic carbocycles. The molecule has 0 radical (unpaired) electrons. The van der Waals surface area contributed by atoms with E-state index in [1.54, 1.807) is 12.1 Å². The van der Waals surface area contributed by atoms with E-state index in [2.05, 4.69) is 4.67 Å². The molecule has 2 saturated heterocycles. The number of rotatable bonds is 3. The summed E-state index contributed by atoms with van der Waals surface area (Å²) in [6.45, 7) is 1.15. The lowest BCUT2D eigenvalue weighted by atomic mass is 10.0. The van der Waals surface area contributed by atoms with E-state index in [1.807, 2.05) is 12.1 Å². The molecule has 18 heavy (non-hydrogen) atoms. The average Bonchev–Trinajstić information content (AvgIpc) is 2.95. The summed E-state index contributed by atoms with van der Waals surface area (Å²) in [5.74, 6) is 0. The van der Waals surface area contributed by atoms with E-state index >= 15 is 0 Å². The zero-order chi connectivity index (χ0) is 12.5. The van der Waals surface area contributed by atoms with E-state index in [1.165, 1.54) is 12.8 Å². The van der Waals surface area contributed by atoms with Crippen molar-refractivity contribution in [3.63, 3.8) is 0 Å². The number of non-ortho nitro benzene ring substituents is 1. The van der Waals surface area contributed by atoms with Gasteiger partial charge in [0.2, 0.25) is 0 Å². The number of benzene rings is 1. The van der Waals surface area contributed by atoms with E-state index in [0.29, 0.717) is 15.0 Å². The summed E-state index contributed by atoms with van der Waals surface area (Å²) in [7, 11) is 0.493.